The molecule has 3 aromatic rings. The largest absolute Gasteiger partial charge is 0.379 e. The number of nitrogens with one attached hydrogen (secondary N) is 1. The summed E-state index contributed by atoms with van der Waals surface area (Å²) in [6.45, 7) is 5.06. The maximum absolute atomic E-state index is 12.7. The molecule has 2 atom stereocenters. The van der Waals surface area contributed by atoms with Crippen LogP contribution in [0, 0.1) is 5.92 Å². The highest BCUT2D eigenvalue weighted by Crippen LogP contribution is 2.30. The number of likely N-dealkylation sites (tertiary alicyclic amines) is 1. The van der Waals surface area contributed by atoms with Crippen molar-refractivity contribution in [1.29, 1.82) is 0 Å². The average Bonchev–Trinajstić information content (AvgIpc) is 3.33. The fourth-order valence-electron chi connectivity index (χ4n) is 3.80. The first kappa shape index (κ1) is 21.3. The minimum absolute atomic E-state index is 0.109. The molecule has 158 valence electrons. The normalized spacial score (nSPS) is 19.8. The van der Waals surface area contributed by atoms with Crippen LogP contribution in [0.3, 0.4) is 0 Å². The van der Waals surface area contributed by atoms with E-state index in [1.165, 1.54) is 23.0 Å². The molecule has 0 bridgehead atoms. The molecule has 0 amide bonds. The number of hydrogen-bond donors (Lipinski definition) is 1. The van der Waals surface area contributed by atoms with Gasteiger partial charge in [-0.05, 0) is 29.7 Å². The topological polar surface area (TPSA) is 62.3 Å². The van der Waals surface area contributed by atoms with E-state index in [9.17, 15) is 8.42 Å². The van der Waals surface area contributed by atoms with E-state index in [1.54, 1.807) is 23.7 Å². The summed E-state index contributed by atoms with van der Waals surface area (Å²) in [5.74, 6) is 0.347. The van der Waals surface area contributed by atoms with Crippen LogP contribution in [0.4, 0.5) is 5.69 Å². The van der Waals surface area contributed by atoms with Gasteiger partial charge >= 0.3 is 0 Å². The number of benzene rings is 2. The van der Waals surface area contributed by atoms with E-state index in [0.717, 1.165) is 25.3 Å². The molecule has 30 heavy (non-hydrogen) atoms. The third kappa shape index (κ3) is 5.03. The zero-order valence-corrected chi connectivity index (χ0v) is 19.1. The van der Waals surface area contributed by atoms with Gasteiger partial charge in [0.15, 0.2) is 9.84 Å². The predicted octanol–water partition coefficient (Wildman–Crippen LogP) is 4.70. The summed E-state index contributed by atoms with van der Waals surface area (Å²) >= 11 is 7.79. The molecule has 1 unspecified atom stereocenters. The van der Waals surface area contributed by atoms with Gasteiger partial charge in [-0.25, -0.2) is 13.4 Å². The van der Waals surface area contributed by atoms with Gasteiger partial charge in [-0.1, -0.05) is 48.9 Å². The molecular weight excluding hydrogens is 438 g/mol. The Morgan fingerprint density at radius 2 is 2.00 bits per heavy atom. The van der Waals surface area contributed by atoms with Crippen molar-refractivity contribution in [2.24, 2.45) is 5.92 Å². The van der Waals surface area contributed by atoms with E-state index in [-0.39, 0.29) is 16.7 Å². The van der Waals surface area contributed by atoms with Gasteiger partial charge < -0.3 is 5.32 Å². The third-order valence-electron chi connectivity index (χ3n) is 5.37. The van der Waals surface area contributed by atoms with E-state index in [2.05, 4.69) is 46.4 Å². The number of nitrogens with zero attached hydrogens (tertiary/aromatic N) is 2. The number of rotatable bonds is 7. The first-order valence-electron chi connectivity index (χ1n) is 9.84. The molecule has 1 aliphatic heterocycles. The molecule has 1 aliphatic rings. The standard InChI is InChI=1S/C22H24ClN3O2S2/c1-16-12-26(13-17-5-3-2-4-6-17)14-21(16)25-20-8-7-18(11-19(20)23)30(27,28)15-22-24-9-10-29-22/h2-11,16,21,25H,12-15H2,1H3/t16-,21?/m1/s1. The van der Waals surface area contributed by atoms with Crippen LogP contribution in [0.5, 0.6) is 0 Å². The summed E-state index contributed by atoms with van der Waals surface area (Å²) in [6.07, 6.45) is 1.61. The molecular formula is C22H24ClN3O2S2. The Morgan fingerprint density at radius 1 is 1.20 bits per heavy atom. The number of sulfone groups is 1. The fraction of sp³-hybridized carbons (Fsp3) is 0.318. The first-order chi connectivity index (χ1) is 14.4. The summed E-state index contributed by atoms with van der Waals surface area (Å²) in [5, 5.41) is 6.29. The van der Waals surface area contributed by atoms with Crippen LogP contribution >= 0.6 is 22.9 Å². The predicted molar refractivity (Wildman–Crippen MR) is 123 cm³/mol. The maximum Gasteiger partial charge on any atom is 0.184 e. The summed E-state index contributed by atoms with van der Waals surface area (Å²) in [7, 11) is -3.48. The number of anilines is 1. The lowest BCUT2D eigenvalue weighted by Gasteiger charge is -2.20. The molecule has 5 nitrogen and oxygen atoms in total. The molecule has 1 fully saturated rings. The Kier molecular flexibility index (Phi) is 6.43. The van der Waals surface area contributed by atoms with E-state index in [1.807, 2.05) is 6.07 Å². The SMILES string of the molecule is C[C@@H]1CN(Cc2ccccc2)CC1Nc1ccc(S(=O)(=O)Cc2nccs2)cc1Cl. The van der Waals surface area contributed by atoms with Crippen LogP contribution in [0.1, 0.15) is 17.5 Å². The highest BCUT2D eigenvalue weighted by atomic mass is 35.5. The lowest BCUT2D eigenvalue weighted by Crippen LogP contribution is -2.28. The van der Waals surface area contributed by atoms with Crippen molar-refractivity contribution in [3.8, 4) is 0 Å². The Balaban J connectivity index is 1.42. The van der Waals surface area contributed by atoms with Crippen molar-refractivity contribution in [1.82, 2.24) is 9.88 Å². The Bertz CT molecular complexity index is 1090. The van der Waals surface area contributed by atoms with Gasteiger partial charge in [-0.2, -0.15) is 0 Å². The Hall–Kier alpha value is -1.93. The zero-order chi connectivity index (χ0) is 21.1. The highest BCUT2D eigenvalue weighted by Gasteiger charge is 2.30. The van der Waals surface area contributed by atoms with Crippen LogP contribution in [-0.2, 0) is 22.1 Å². The molecule has 0 spiro atoms. The summed E-state index contributed by atoms with van der Waals surface area (Å²) in [5.41, 5.74) is 2.07. The highest BCUT2D eigenvalue weighted by molar-refractivity contribution is 7.90. The minimum atomic E-state index is -3.48. The Morgan fingerprint density at radius 3 is 2.70 bits per heavy atom. The molecule has 0 radical (unpaired) electrons. The molecule has 1 N–H and O–H groups in total. The van der Waals surface area contributed by atoms with Crippen molar-refractivity contribution < 1.29 is 8.42 Å². The van der Waals surface area contributed by atoms with Crippen LogP contribution in [-0.4, -0.2) is 37.4 Å². The first-order valence-corrected chi connectivity index (χ1v) is 12.8. The van der Waals surface area contributed by atoms with Crippen molar-refractivity contribution in [3.05, 3.63) is 75.7 Å². The third-order valence-corrected chi connectivity index (χ3v) is 8.28. The van der Waals surface area contributed by atoms with E-state index in [4.69, 9.17) is 11.6 Å². The van der Waals surface area contributed by atoms with Crippen molar-refractivity contribution in [2.75, 3.05) is 18.4 Å². The Labute approximate surface area is 186 Å². The molecule has 2 heterocycles. The zero-order valence-electron chi connectivity index (χ0n) is 16.7. The van der Waals surface area contributed by atoms with Crippen LogP contribution in [0.25, 0.3) is 0 Å². The molecule has 8 heteroatoms. The molecule has 1 saturated heterocycles. The van der Waals surface area contributed by atoms with Crippen LogP contribution < -0.4 is 5.32 Å². The average molecular weight is 462 g/mol. The van der Waals surface area contributed by atoms with E-state index in [0.29, 0.717) is 15.9 Å². The second-order valence-corrected chi connectivity index (χ2v) is 11.1. The van der Waals surface area contributed by atoms with Crippen LogP contribution in [0.2, 0.25) is 5.02 Å². The van der Waals surface area contributed by atoms with Gasteiger partial charge in [0.05, 0.1) is 15.6 Å². The number of thiazole rings is 1. The van der Waals surface area contributed by atoms with Crippen molar-refractivity contribution in [3.63, 3.8) is 0 Å². The maximum atomic E-state index is 12.7. The molecule has 2 aromatic carbocycles. The summed E-state index contributed by atoms with van der Waals surface area (Å²) < 4.78 is 25.3. The summed E-state index contributed by atoms with van der Waals surface area (Å²) in [6, 6.07) is 15.6. The lowest BCUT2D eigenvalue weighted by atomic mass is 10.1. The fourth-order valence-corrected chi connectivity index (χ4v) is 6.38. The second kappa shape index (κ2) is 9.06. The number of halogens is 1. The number of aromatic nitrogens is 1. The second-order valence-electron chi connectivity index (χ2n) is 7.73. The van der Waals surface area contributed by atoms with E-state index >= 15 is 0 Å². The van der Waals surface area contributed by atoms with Crippen molar-refractivity contribution in [2.45, 2.75) is 30.2 Å². The monoisotopic (exact) mass is 461 g/mol. The number of hydrogen-bond acceptors (Lipinski definition) is 6. The smallest absolute Gasteiger partial charge is 0.184 e. The van der Waals surface area contributed by atoms with Gasteiger partial charge in [0, 0.05) is 37.3 Å². The summed E-state index contributed by atoms with van der Waals surface area (Å²) in [4.78, 5) is 6.72. The molecule has 0 aliphatic carbocycles. The van der Waals surface area contributed by atoms with Crippen LogP contribution in [0.15, 0.2) is 65.0 Å². The minimum Gasteiger partial charge on any atom is -0.379 e. The van der Waals surface area contributed by atoms with Gasteiger partial charge in [0.1, 0.15) is 10.8 Å². The lowest BCUT2D eigenvalue weighted by molar-refractivity contribution is 0.319. The van der Waals surface area contributed by atoms with Gasteiger partial charge in [-0.15, -0.1) is 11.3 Å². The van der Waals surface area contributed by atoms with Gasteiger partial charge in [-0.3, -0.25) is 4.90 Å². The molecule has 1 aromatic heterocycles. The quantitative estimate of drug-likeness (QED) is 0.552. The van der Waals surface area contributed by atoms with E-state index < -0.39 is 9.84 Å². The molecule has 0 saturated carbocycles. The van der Waals surface area contributed by atoms with Crippen molar-refractivity contribution >= 4 is 38.5 Å². The van der Waals surface area contributed by atoms with Gasteiger partial charge in [0.25, 0.3) is 0 Å². The molecule has 4 rings (SSSR count). The van der Waals surface area contributed by atoms with Gasteiger partial charge in [0.2, 0.25) is 0 Å².